The van der Waals surface area contributed by atoms with Crippen LogP contribution >= 0.6 is 0 Å². The molecule has 0 heterocycles. The Morgan fingerprint density at radius 2 is 1.63 bits per heavy atom. The average molecular weight is 379 g/mol. The summed E-state index contributed by atoms with van der Waals surface area (Å²) in [7, 11) is 0. The van der Waals surface area contributed by atoms with Crippen molar-refractivity contribution in [3.8, 4) is 0 Å². The summed E-state index contributed by atoms with van der Waals surface area (Å²) in [5, 5.41) is 37.8. The van der Waals surface area contributed by atoms with Gasteiger partial charge in [0.05, 0.1) is 18.0 Å². The number of carbonyl (C=O) groups is 1. The van der Waals surface area contributed by atoms with Crippen LogP contribution < -0.4 is 0 Å². The van der Waals surface area contributed by atoms with Gasteiger partial charge in [0.2, 0.25) is 0 Å². The van der Waals surface area contributed by atoms with Gasteiger partial charge >= 0.3 is 5.97 Å². The Morgan fingerprint density at radius 1 is 0.889 bits per heavy atom. The number of rotatable bonds is 15. The standard InChI is InChI=1S/C22H34O5/c1-2-3-7-12-20(24)17-18-21(25)15-10-6-9-14-19(23)13-8-4-5-11-16-22(26)27/h3,6-10,13,15,17,19,21,23-25H,2,4-5,11-12,14,16,18H2,1H3,(H,26,27)/b7-3+,9-6+,13-8+,15-10+,20-17-. The van der Waals surface area contributed by atoms with Crippen LogP contribution in [-0.2, 0) is 4.79 Å². The van der Waals surface area contributed by atoms with E-state index in [-0.39, 0.29) is 12.2 Å². The van der Waals surface area contributed by atoms with E-state index in [1.807, 2.05) is 31.2 Å². The fourth-order valence-electron chi connectivity index (χ4n) is 2.15. The van der Waals surface area contributed by atoms with Crippen LogP contribution in [0.2, 0.25) is 0 Å². The van der Waals surface area contributed by atoms with Crippen molar-refractivity contribution in [3.05, 3.63) is 60.4 Å². The van der Waals surface area contributed by atoms with Crippen LogP contribution in [0.4, 0.5) is 0 Å². The summed E-state index contributed by atoms with van der Waals surface area (Å²) in [5.74, 6) is -0.528. The van der Waals surface area contributed by atoms with Gasteiger partial charge in [-0.2, -0.15) is 0 Å². The minimum Gasteiger partial charge on any atom is -0.512 e. The van der Waals surface area contributed by atoms with Gasteiger partial charge in [-0.15, -0.1) is 0 Å². The molecule has 0 aromatic heterocycles. The maximum atomic E-state index is 10.4. The number of aliphatic carboxylic acids is 1. The van der Waals surface area contributed by atoms with Crippen molar-refractivity contribution in [2.24, 2.45) is 0 Å². The minimum absolute atomic E-state index is 0.183. The Kier molecular flexibility index (Phi) is 16.0. The van der Waals surface area contributed by atoms with Crippen LogP contribution in [0.3, 0.4) is 0 Å². The highest BCUT2D eigenvalue weighted by Crippen LogP contribution is 2.05. The van der Waals surface area contributed by atoms with Gasteiger partial charge in [0.25, 0.3) is 0 Å². The fourth-order valence-corrected chi connectivity index (χ4v) is 2.15. The maximum Gasteiger partial charge on any atom is 0.303 e. The smallest absolute Gasteiger partial charge is 0.303 e. The summed E-state index contributed by atoms with van der Waals surface area (Å²) in [6.07, 6.45) is 19.4. The number of hydrogen-bond acceptors (Lipinski definition) is 4. The molecule has 0 rings (SSSR count). The van der Waals surface area contributed by atoms with Gasteiger partial charge in [0.15, 0.2) is 0 Å². The average Bonchev–Trinajstić information content (AvgIpc) is 2.62. The van der Waals surface area contributed by atoms with Crippen molar-refractivity contribution in [1.82, 2.24) is 0 Å². The summed E-state index contributed by atoms with van der Waals surface area (Å²) < 4.78 is 0. The van der Waals surface area contributed by atoms with E-state index >= 15 is 0 Å². The molecule has 0 amide bonds. The van der Waals surface area contributed by atoms with E-state index in [1.165, 1.54) is 0 Å². The fraction of sp³-hybridized carbons (Fsp3) is 0.500. The van der Waals surface area contributed by atoms with Gasteiger partial charge in [0, 0.05) is 12.8 Å². The highest BCUT2D eigenvalue weighted by molar-refractivity contribution is 5.66. The Balaban J connectivity index is 3.93. The molecule has 0 aliphatic heterocycles. The van der Waals surface area contributed by atoms with Crippen molar-refractivity contribution in [1.29, 1.82) is 0 Å². The molecule has 5 nitrogen and oxygen atoms in total. The molecule has 5 heteroatoms. The number of aliphatic hydroxyl groups is 3. The lowest BCUT2D eigenvalue weighted by atomic mass is 10.1. The third-order valence-electron chi connectivity index (χ3n) is 3.65. The molecule has 2 unspecified atom stereocenters. The van der Waals surface area contributed by atoms with Gasteiger partial charge in [-0.3, -0.25) is 4.79 Å². The zero-order valence-corrected chi connectivity index (χ0v) is 16.2. The van der Waals surface area contributed by atoms with E-state index in [0.29, 0.717) is 25.7 Å². The van der Waals surface area contributed by atoms with Crippen LogP contribution in [0.1, 0.15) is 58.3 Å². The van der Waals surface area contributed by atoms with E-state index in [1.54, 1.807) is 30.4 Å². The molecule has 0 aliphatic rings. The SMILES string of the molecule is CC/C=C/C/C(O)=C/CC(O)/C=C/C=C/CC(O)/C=C/CCCCC(=O)O. The second-order valence-corrected chi connectivity index (χ2v) is 6.27. The Hall–Kier alpha value is -2.11. The normalized spacial score (nSPS) is 15.4. The molecule has 27 heavy (non-hydrogen) atoms. The predicted molar refractivity (Wildman–Crippen MR) is 110 cm³/mol. The minimum atomic E-state index is -0.778. The first-order chi connectivity index (χ1) is 13.0. The molecule has 0 aromatic carbocycles. The lowest BCUT2D eigenvalue weighted by Gasteiger charge is -2.02. The second kappa shape index (κ2) is 17.3. The predicted octanol–water partition coefficient (Wildman–Crippen LogP) is 4.60. The molecule has 152 valence electrons. The molecule has 4 N–H and O–H groups in total. The molecule has 2 atom stereocenters. The Morgan fingerprint density at radius 3 is 2.33 bits per heavy atom. The molecule has 0 saturated carbocycles. The molecule has 0 aromatic rings. The topological polar surface area (TPSA) is 98.0 Å². The van der Waals surface area contributed by atoms with E-state index in [4.69, 9.17) is 5.11 Å². The highest BCUT2D eigenvalue weighted by Gasteiger charge is 1.98. The molecular formula is C22H34O5. The molecule has 0 aliphatic carbocycles. The van der Waals surface area contributed by atoms with Crippen molar-refractivity contribution < 1.29 is 25.2 Å². The molecular weight excluding hydrogens is 344 g/mol. The highest BCUT2D eigenvalue weighted by atomic mass is 16.4. The first-order valence-corrected chi connectivity index (χ1v) is 9.56. The van der Waals surface area contributed by atoms with E-state index < -0.39 is 18.2 Å². The van der Waals surface area contributed by atoms with Gasteiger partial charge in [-0.25, -0.2) is 0 Å². The number of carboxylic acid groups (broad SMARTS) is 1. The summed E-state index contributed by atoms with van der Waals surface area (Å²) in [6, 6.07) is 0. The zero-order chi connectivity index (χ0) is 20.3. The van der Waals surface area contributed by atoms with Crippen molar-refractivity contribution in [2.75, 3.05) is 0 Å². The monoisotopic (exact) mass is 378 g/mol. The van der Waals surface area contributed by atoms with E-state index in [2.05, 4.69) is 0 Å². The number of allylic oxidation sites excluding steroid dienone is 5. The zero-order valence-electron chi connectivity index (χ0n) is 16.2. The largest absolute Gasteiger partial charge is 0.512 e. The van der Waals surface area contributed by atoms with Crippen molar-refractivity contribution >= 4 is 5.97 Å². The van der Waals surface area contributed by atoms with Gasteiger partial charge in [-0.1, -0.05) is 55.5 Å². The molecule has 0 radical (unpaired) electrons. The van der Waals surface area contributed by atoms with Crippen LogP contribution in [0, 0.1) is 0 Å². The number of carboxylic acids is 1. The van der Waals surface area contributed by atoms with Gasteiger partial charge in [0.1, 0.15) is 0 Å². The molecule has 0 spiro atoms. The van der Waals surface area contributed by atoms with E-state index in [0.717, 1.165) is 19.3 Å². The first kappa shape index (κ1) is 24.9. The van der Waals surface area contributed by atoms with Crippen LogP contribution in [-0.4, -0.2) is 38.6 Å². The van der Waals surface area contributed by atoms with Crippen LogP contribution in [0.25, 0.3) is 0 Å². The lowest BCUT2D eigenvalue weighted by Crippen LogP contribution is -2.00. The molecule has 0 saturated heterocycles. The number of aliphatic hydroxyl groups excluding tert-OH is 3. The summed E-state index contributed by atoms with van der Waals surface area (Å²) in [4.78, 5) is 10.4. The van der Waals surface area contributed by atoms with Gasteiger partial charge in [-0.05, 0) is 44.6 Å². The summed E-state index contributed by atoms with van der Waals surface area (Å²) in [5.41, 5.74) is 0. The number of hydrogen-bond donors (Lipinski definition) is 4. The van der Waals surface area contributed by atoms with Gasteiger partial charge < -0.3 is 20.4 Å². The summed E-state index contributed by atoms with van der Waals surface area (Å²) in [6.45, 7) is 2.03. The molecule has 0 bridgehead atoms. The first-order valence-electron chi connectivity index (χ1n) is 9.56. The third kappa shape index (κ3) is 18.5. The maximum absolute atomic E-state index is 10.4. The quantitative estimate of drug-likeness (QED) is 0.144. The third-order valence-corrected chi connectivity index (χ3v) is 3.65. The number of unbranched alkanes of at least 4 members (excludes halogenated alkanes) is 2. The van der Waals surface area contributed by atoms with Crippen molar-refractivity contribution in [2.45, 2.75) is 70.5 Å². The summed E-state index contributed by atoms with van der Waals surface area (Å²) >= 11 is 0. The Labute approximate surface area is 162 Å². The molecule has 0 fully saturated rings. The van der Waals surface area contributed by atoms with Crippen molar-refractivity contribution in [3.63, 3.8) is 0 Å². The Bertz CT molecular complexity index is 529. The second-order valence-electron chi connectivity index (χ2n) is 6.27. The lowest BCUT2D eigenvalue weighted by molar-refractivity contribution is -0.137. The van der Waals surface area contributed by atoms with Crippen LogP contribution in [0.5, 0.6) is 0 Å². The van der Waals surface area contributed by atoms with Crippen LogP contribution in [0.15, 0.2) is 60.4 Å². The van der Waals surface area contributed by atoms with E-state index in [9.17, 15) is 20.1 Å².